The van der Waals surface area contributed by atoms with Crippen LogP contribution in [0.4, 0.5) is 17.6 Å². The molecule has 0 aliphatic heterocycles. The fraction of sp³-hybridized carbons (Fsp3) is 0.308. The Morgan fingerprint density at radius 1 is 1.03 bits per heavy atom. The summed E-state index contributed by atoms with van der Waals surface area (Å²) < 4.78 is 51.1. The topological polar surface area (TPSA) is 102 Å². The van der Waals surface area contributed by atoms with Crippen molar-refractivity contribution < 1.29 is 31.9 Å². The molecule has 192 valence electrons. The number of Topliss-reactive ketones (excluding diaryl/α,β-unsaturated/α-hetero) is 2. The van der Waals surface area contributed by atoms with Crippen molar-refractivity contribution in [2.45, 2.75) is 45.3 Å². The number of hydrogen-bond acceptors (Lipinski definition) is 6. The molecule has 37 heavy (non-hydrogen) atoms. The number of amides is 1. The number of hydrogen-bond donors (Lipinski definition) is 1. The Labute approximate surface area is 209 Å². The smallest absolute Gasteiger partial charge is 0.352 e. The van der Waals surface area contributed by atoms with Gasteiger partial charge in [-0.3, -0.25) is 19.4 Å². The average Bonchev–Trinajstić information content (AvgIpc) is 3.10. The molecule has 7 nitrogen and oxygen atoms in total. The van der Waals surface area contributed by atoms with Crippen molar-refractivity contribution in [1.29, 1.82) is 0 Å². The first kappa shape index (κ1) is 26.1. The molecule has 1 aromatic carbocycles. The number of halogens is 4. The van der Waals surface area contributed by atoms with E-state index in [2.05, 4.69) is 20.3 Å². The van der Waals surface area contributed by atoms with Gasteiger partial charge in [-0.05, 0) is 54.3 Å². The number of carbonyl (C=O) groups excluding carboxylic acids is 3. The minimum absolute atomic E-state index is 0.0621. The third kappa shape index (κ3) is 5.71. The molecule has 0 bridgehead atoms. The third-order valence-electron chi connectivity index (χ3n) is 6.25. The molecule has 2 unspecified atom stereocenters. The highest BCUT2D eigenvalue weighted by Gasteiger charge is 2.44. The lowest BCUT2D eigenvalue weighted by atomic mass is 9.86. The molecule has 3 aromatic rings. The average molecular weight is 514 g/mol. The van der Waals surface area contributed by atoms with Crippen LogP contribution in [0.1, 0.15) is 46.7 Å². The molecule has 1 saturated carbocycles. The number of carbonyl (C=O) groups is 3. The molecular weight excluding hydrogens is 492 g/mol. The fourth-order valence-electron chi connectivity index (χ4n) is 4.55. The van der Waals surface area contributed by atoms with Crippen LogP contribution in [0.15, 0.2) is 42.9 Å². The number of ketones is 2. The molecule has 2 atom stereocenters. The van der Waals surface area contributed by atoms with Crippen LogP contribution in [0, 0.1) is 25.6 Å². The van der Waals surface area contributed by atoms with Gasteiger partial charge in [0.25, 0.3) is 0 Å². The summed E-state index contributed by atoms with van der Waals surface area (Å²) in [5.41, 5.74) is 1.87. The van der Waals surface area contributed by atoms with E-state index in [1.807, 2.05) is 0 Å². The summed E-state index contributed by atoms with van der Waals surface area (Å²) in [6.07, 6.45) is -1.73. The molecular formula is C26H22F4N4O3. The number of pyridine rings is 1. The predicted molar refractivity (Wildman–Crippen MR) is 123 cm³/mol. The van der Waals surface area contributed by atoms with Gasteiger partial charge in [-0.15, -0.1) is 0 Å². The van der Waals surface area contributed by atoms with E-state index in [9.17, 15) is 31.9 Å². The van der Waals surface area contributed by atoms with Gasteiger partial charge >= 0.3 is 6.18 Å². The largest absolute Gasteiger partial charge is 0.433 e. The highest BCUT2D eigenvalue weighted by molar-refractivity contribution is 6.15. The molecule has 1 aliphatic carbocycles. The summed E-state index contributed by atoms with van der Waals surface area (Å²) in [6, 6.07) is 5.49. The molecule has 1 N–H and O–H groups in total. The second kappa shape index (κ2) is 10.2. The maximum Gasteiger partial charge on any atom is 0.433 e. The van der Waals surface area contributed by atoms with E-state index in [0.717, 1.165) is 24.7 Å². The molecule has 2 heterocycles. The minimum atomic E-state index is -4.56. The van der Waals surface area contributed by atoms with Gasteiger partial charge in [-0.25, -0.2) is 14.4 Å². The molecule has 1 amide bonds. The quantitative estimate of drug-likeness (QED) is 0.390. The van der Waals surface area contributed by atoms with Crippen molar-refractivity contribution in [2.24, 2.45) is 5.92 Å². The van der Waals surface area contributed by atoms with Gasteiger partial charge in [0.05, 0.1) is 12.4 Å². The molecule has 0 saturated heterocycles. The van der Waals surface area contributed by atoms with Crippen LogP contribution in [-0.4, -0.2) is 32.4 Å². The standard InChI is InChI=1S/C26H22F4N4O3/c1-13-5-17(25-33-11-18(27)12-34-25)6-14(2)22(13)23-19(35)7-16(24(23)37)8-21(36)32-10-15-3-4-20(31-9-15)26(28,29)30/h3-6,9,11-12,16,23H,7-8,10H2,1-2H3,(H,32,36). The predicted octanol–water partition coefficient (Wildman–Crippen LogP) is 4.26. The van der Waals surface area contributed by atoms with Gasteiger partial charge in [0.15, 0.2) is 17.4 Å². The van der Waals surface area contributed by atoms with Crippen LogP contribution in [0.25, 0.3) is 11.4 Å². The fourth-order valence-corrected chi connectivity index (χ4v) is 4.55. The van der Waals surface area contributed by atoms with E-state index in [1.165, 1.54) is 6.07 Å². The van der Waals surface area contributed by atoms with E-state index < -0.39 is 35.4 Å². The lowest BCUT2D eigenvalue weighted by molar-refractivity contribution is -0.141. The van der Waals surface area contributed by atoms with Gasteiger partial charge in [0, 0.05) is 37.1 Å². The number of nitrogens with one attached hydrogen (secondary N) is 1. The molecule has 2 aromatic heterocycles. The summed E-state index contributed by atoms with van der Waals surface area (Å²) in [4.78, 5) is 49.7. The zero-order chi connectivity index (χ0) is 26.9. The zero-order valence-corrected chi connectivity index (χ0v) is 19.9. The number of benzene rings is 1. The zero-order valence-electron chi connectivity index (χ0n) is 19.9. The van der Waals surface area contributed by atoms with Gasteiger partial charge in [0.2, 0.25) is 5.91 Å². The molecule has 1 fully saturated rings. The van der Waals surface area contributed by atoms with Crippen molar-refractivity contribution >= 4 is 17.5 Å². The Kier molecular flexibility index (Phi) is 7.15. The van der Waals surface area contributed by atoms with Gasteiger partial charge < -0.3 is 5.32 Å². The Morgan fingerprint density at radius 2 is 1.68 bits per heavy atom. The normalized spacial score (nSPS) is 17.8. The van der Waals surface area contributed by atoms with E-state index in [4.69, 9.17) is 0 Å². The second-order valence-corrected chi connectivity index (χ2v) is 8.98. The monoisotopic (exact) mass is 514 g/mol. The Morgan fingerprint density at radius 3 is 2.24 bits per heavy atom. The molecule has 11 heteroatoms. The minimum Gasteiger partial charge on any atom is -0.352 e. The highest BCUT2D eigenvalue weighted by atomic mass is 19.4. The summed E-state index contributed by atoms with van der Waals surface area (Å²) in [6.45, 7) is 3.45. The van der Waals surface area contributed by atoms with Crippen LogP contribution in [0.2, 0.25) is 0 Å². The highest BCUT2D eigenvalue weighted by Crippen LogP contribution is 2.38. The summed E-state index contributed by atoms with van der Waals surface area (Å²) in [7, 11) is 0. The summed E-state index contributed by atoms with van der Waals surface area (Å²) >= 11 is 0. The van der Waals surface area contributed by atoms with Gasteiger partial charge in [-0.1, -0.05) is 6.07 Å². The molecule has 0 radical (unpaired) electrons. The Balaban J connectivity index is 1.43. The van der Waals surface area contributed by atoms with E-state index in [-0.39, 0.29) is 31.0 Å². The molecule has 0 spiro atoms. The van der Waals surface area contributed by atoms with E-state index >= 15 is 0 Å². The van der Waals surface area contributed by atoms with E-state index in [0.29, 0.717) is 33.6 Å². The Bertz CT molecular complexity index is 1330. The van der Waals surface area contributed by atoms with Crippen LogP contribution in [-0.2, 0) is 27.1 Å². The Hall–Kier alpha value is -4.02. The van der Waals surface area contributed by atoms with Crippen LogP contribution in [0.3, 0.4) is 0 Å². The third-order valence-corrected chi connectivity index (χ3v) is 6.25. The van der Waals surface area contributed by atoms with Crippen molar-refractivity contribution in [3.8, 4) is 11.4 Å². The second-order valence-electron chi connectivity index (χ2n) is 8.98. The number of alkyl halides is 3. The van der Waals surface area contributed by atoms with Crippen molar-refractivity contribution in [2.75, 3.05) is 0 Å². The summed E-state index contributed by atoms with van der Waals surface area (Å²) in [5.74, 6) is -3.20. The molecule has 4 rings (SSSR count). The van der Waals surface area contributed by atoms with Crippen molar-refractivity contribution in [3.63, 3.8) is 0 Å². The first-order chi connectivity index (χ1) is 17.4. The maximum atomic E-state index is 13.2. The summed E-state index contributed by atoms with van der Waals surface area (Å²) in [5, 5.41) is 2.56. The van der Waals surface area contributed by atoms with Crippen molar-refractivity contribution in [1.82, 2.24) is 20.3 Å². The number of aryl methyl sites for hydroxylation is 2. The van der Waals surface area contributed by atoms with Gasteiger partial charge in [-0.2, -0.15) is 13.2 Å². The van der Waals surface area contributed by atoms with Crippen LogP contribution >= 0.6 is 0 Å². The number of rotatable bonds is 6. The number of nitrogens with zero attached hydrogens (tertiary/aromatic N) is 3. The molecule has 1 aliphatic rings. The lowest BCUT2D eigenvalue weighted by Gasteiger charge is -2.17. The van der Waals surface area contributed by atoms with Crippen molar-refractivity contribution in [3.05, 3.63) is 76.6 Å². The first-order valence-corrected chi connectivity index (χ1v) is 11.4. The lowest BCUT2D eigenvalue weighted by Crippen LogP contribution is -2.27. The van der Waals surface area contributed by atoms with Crippen LogP contribution < -0.4 is 5.32 Å². The SMILES string of the molecule is Cc1cc(-c2ncc(F)cn2)cc(C)c1C1C(=O)CC(CC(=O)NCc2ccc(C(F)(F)F)nc2)C1=O. The van der Waals surface area contributed by atoms with Crippen LogP contribution in [0.5, 0.6) is 0 Å². The number of aromatic nitrogens is 3. The first-order valence-electron chi connectivity index (χ1n) is 11.4. The maximum absolute atomic E-state index is 13.2. The van der Waals surface area contributed by atoms with E-state index in [1.54, 1.807) is 26.0 Å². The van der Waals surface area contributed by atoms with Gasteiger partial charge in [0.1, 0.15) is 17.4 Å².